The largest absolute Gasteiger partial charge is 3.00 e. The van der Waals surface area contributed by atoms with Crippen LogP contribution < -0.4 is 0 Å². The monoisotopic (exact) mass is 232 g/mol. The second kappa shape index (κ2) is 8.28. The Kier molecular flexibility index (Phi) is 13.0. The molecule has 0 amide bonds. The van der Waals surface area contributed by atoms with Gasteiger partial charge >= 0.3 is 32.7 Å². The van der Waals surface area contributed by atoms with Crippen LogP contribution in [0.15, 0.2) is 18.2 Å². The van der Waals surface area contributed by atoms with Crippen LogP contribution in [0.1, 0.15) is 0 Å². The van der Waals surface area contributed by atoms with Gasteiger partial charge in [0.15, 0.2) is 0 Å². The molecule has 1 aromatic carbocycles. The van der Waals surface area contributed by atoms with E-state index in [-0.39, 0.29) is 47.6 Å². The average molecular weight is 232 g/mol. The molecule has 0 aliphatic rings. The fourth-order valence-electron chi connectivity index (χ4n) is 0.387. The summed E-state index contributed by atoms with van der Waals surface area (Å²) in [6.45, 7) is 0. The van der Waals surface area contributed by atoms with Crippen molar-refractivity contribution in [1.29, 1.82) is 0 Å². The van der Waals surface area contributed by atoms with Gasteiger partial charge in [0.05, 0.1) is 0 Å². The van der Waals surface area contributed by atoms with E-state index >= 15 is 0 Å². The summed E-state index contributed by atoms with van der Waals surface area (Å²) in [7, 11) is 0. The van der Waals surface area contributed by atoms with Crippen molar-refractivity contribution in [2.24, 2.45) is 0 Å². The Morgan fingerprint density at radius 1 is 1.09 bits per heavy atom. The molecule has 1 rings (SSSR count). The van der Waals surface area contributed by atoms with Crippen molar-refractivity contribution in [3.05, 3.63) is 50.8 Å². The summed E-state index contributed by atoms with van der Waals surface area (Å²) in [6.07, 6.45) is 0. The van der Waals surface area contributed by atoms with Crippen LogP contribution in [0, 0.1) is 32.6 Å². The van der Waals surface area contributed by atoms with Crippen LogP contribution in [0.5, 0.6) is 0 Å². The van der Waals surface area contributed by atoms with E-state index in [1.807, 2.05) is 0 Å². The molecule has 0 fully saturated rings. The molecule has 0 aliphatic carbocycles. The van der Waals surface area contributed by atoms with Gasteiger partial charge in [0.1, 0.15) is 0 Å². The Hall–Kier alpha value is 0.184. The third kappa shape index (κ3) is 6.58. The minimum absolute atomic E-state index is 0. The van der Waals surface area contributed by atoms with Crippen molar-refractivity contribution in [3.8, 4) is 0 Å². The van der Waals surface area contributed by atoms with Crippen LogP contribution in [-0.2, 0) is 32.7 Å². The number of benzene rings is 1. The molecular formula is C8H9F2Y. The molecule has 0 aromatic heterocycles. The molecule has 0 N–H and O–H groups in total. The van der Waals surface area contributed by atoms with Gasteiger partial charge < -0.3 is 14.9 Å². The van der Waals surface area contributed by atoms with Crippen LogP contribution >= 0.6 is 0 Å². The average Bonchev–Trinajstić information content (AvgIpc) is 1.77. The molecule has 0 heterocycles. The summed E-state index contributed by atoms with van der Waals surface area (Å²) in [4.78, 5) is 0. The summed E-state index contributed by atoms with van der Waals surface area (Å²) in [5.74, 6) is -1.00. The summed E-state index contributed by atoms with van der Waals surface area (Å²) in [5.41, 5.74) is 0. The molecule has 0 unspecified atom stereocenters. The van der Waals surface area contributed by atoms with Crippen LogP contribution in [0.3, 0.4) is 0 Å². The van der Waals surface area contributed by atoms with Gasteiger partial charge in [0.2, 0.25) is 0 Å². The number of hydrogen-bond acceptors (Lipinski definition) is 0. The summed E-state index contributed by atoms with van der Waals surface area (Å²) >= 11 is 0. The maximum absolute atomic E-state index is 11.9. The summed E-state index contributed by atoms with van der Waals surface area (Å²) in [5, 5.41) is 0. The first-order valence-electron chi connectivity index (χ1n) is 2.12. The Balaban J connectivity index is -0.000000213. The molecule has 0 saturated carbocycles. The van der Waals surface area contributed by atoms with Crippen molar-refractivity contribution in [2.45, 2.75) is 0 Å². The SMILES string of the molecule is Fc1[c-]cc(F)cc1.[CH3-].[CH3-].[Y+3]. The first-order valence-corrected chi connectivity index (χ1v) is 2.12. The third-order valence-electron chi connectivity index (χ3n) is 0.737. The van der Waals surface area contributed by atoms with E-state index in [1.54, 1.807) is 0 Å². The van der Waals surface area contributed by atoms with Gasteiger partial charge in [-0.25, -0.2) is 4.39 Å². The van der Waals surface area contributed by atoms with Crippen LogP contribution in [0.4, 0.5) is 8.78 Å². The van der Waals surface area contributed by atoms with Gasteiger partial charge in [0, 0.05) is 11.6 Å². The van der Waals surface area contributed by atoms with Crippen molar-refractivity contribution in [3.63, 3.8) is 0 Å². The molecule has 0 nitrogen and oxygen atoms in total. The fraction of sp³-hybridized carbons (Fsp3) is 0. The smallest absolute Gasteiger partial charge is 0.358 e. The predicted molar refractivity (Wildman–Crippen MR) is 38.0 cm³/mol. The zero-order chi connectivity index (χ0) is 5.98. The van der Waals surface area contributed by atoms with Gasteiger partial charge in [-0.15, -0.1) is 24.3 Å². The van der Waals surface area contributed by atoms with Crippen LogP contribution in [-0.4, -0.2) is 0 Å². The van der Waals surface area contributed by atoms with Gasteiger partial charge in [-0.2, -0.15) is 0 Å². The summed E-state index contributed by atoms with van der Waals surface area (Å²) in [6, 6.07) is 5.08. The Labute approximate surface area is 91.9 Å². The van der Waals surface area contributed by atoms with E-state index in [4.69, 9.17) is 0 Å². The molecular weight excluding hydrogens is 223 g/mol. The van der Waals surface area contributed by atoms with Crippen molar-refractivity contribution in [1.82, 2.24) is 0 Å². The third-order valence-corrected chi connectivity index (χ3v) is 0.737. The zero-order valence-corrected chi connectivity index (χ0v) is 9.40. The van der Waals surface area contributed by atoms with Crippen molar-refractivity contribution < 1.29 is 41.5 Å². The molecule has 1 aromatic rings. The molecule has 58 valence electrons. The first kappa shape index (κ1) is 17.3. The maximum atomic E-state index is 11.9. The van der Waals surface area contributed by atoms with E-state index in [0.717, 1.165) is 18.2 Å². The Morgan fingerprint density at radius 3 is 1.91 bits per heavy atom. The topological polar surface area (TPSA) is 0 Å². The Morgan fingerprint density at radius 2 is 1.64 bits per heavy atom. The molecule has 0 saturated heterocycles. The molecule has 0 atom stereocenters. The standard InChI is InChI=1S/C6H3F2.2CH3.Y/c7-5-1-2-6(8)4-3-5;;;/h1-3H;2*1H3;/q3*-1;+3. The molecule has 0 radical (unpaired) electrons. The normalized spacial score (nSPS) is 6.73. The molecule has 0 bridgehead atoms. The molecule has 0 spiro atoms. The fourth-order valence-corrected chi connectivity index (χ4v) is 0.387. The number of rotatable bonds is 0. The van der Waals surface area contributed by atoms with E-state index in [0.29, 0.717) is 0 Å². The number of halogens is 2. The van der Waals surface area contributed by atoms with E-state index < -0.39 is 11.6 Å². The zero-order valence-electron chi connectivity index (χ0n) is 6.57. The minimum atomic E-state index is -0.536. The molecule has 3 heteroatoms. The van der Waals surface area contributed by atoms with Gasteiger partial charge in [-0.3, -0.25) is 4.39 Å². The second-order valence-corrected chi connectivity index (χ2v) is 1.35. The number of hydrogen-bond donors (Lipinski definition) is 0. The quantitative estimate of drug-likeness (QED) is 0.603. The second-order valence-electron chi connectivity index (χ2n) is 1.35. The van der Waals surface area contributed by atoms with Crippen molar-refractivity contribution >= 4 is 0 Å². The maximum Gasteiger partial charge on any atom is 3.00 e. The van der Waals surface area contributed by atoms with Crippen LogP contribution in [0.25, 0.3) is 0 Å². The predicted octanol–water partition coefficient (Wildman–Crippen LogP) is 2.66. The van der Waals surface area contributed by atoms with Gasteiger partial charge in [-0.05, 0) is 0 Å². The first-order chi connectivity index (χ1) is 3.79. The van der Waals surface area contributed by atoms with E-state index in [1.165, 1.54) is 0 Å². The molecule has 0 aliphatic heterocycles. The van der Waals surface area contributed by atoms with Gasteiger partial charge in [0.25, 0.3) is 0 Å². The van der Waals surface area contributed by atoms with Crippen molar-refractivity contribution in [2.75, 3.05) is 0 Å². The summed E-state index contributed by atoms with van der Waals surface area (Å²) < 4.78 is 23.8. The van der Waals surface area contributed by atoms with Gasteiger partial charge in [-0.1, -0.05) is 0 Å². The minimum Gasteiger partial charge on any atom is -0.358 e. The molecule has 11 heavy (non-hydrogen) atoms. The van der Waals surface area contributed by atoms with E-state index in [9.17, 15) is 8.78 Å². The van der Waals surface area contributed by atoms with Crippen LogP contribution in [0.2, 0.25) is 0 Å². The Bertz CT molecular complexity index is 151. The van der Waals surface area contributed by atoms with E-state index in [2.05, 4.69) is 6.07 Å².